The lowest BCUT2D eigenvalue weighted by molar-refractivity contribution is -0.138. The monoisotopic (exact) mass is 760 g/mol. The van der Waals surface area contributed by atoms with Gasteiger partial charge in [0.1, 0.15) is 29.1 Å². The van der Waals surface area contributed by atoms with Gasteiger partial charge in [-0.3, -0.25) is 8.80 Å². The average molecular weight is 761 g/mol. The minimum atomic E-state index is -4.42. The van der Waals surface area contributed by atoms with Gasteiger partial charge in [-0.1, -0.05) is 48.5 Å². The van der Waals surface area contributed by atoms with E-state index in [1.807, 2.05) is 76.3 Å². The van der Waals surface area contributed by atoms with E-state index in [4.69, 9.17) is 0 Å². The van der Waals surface area contributed by atoms with Gasteiger partial charge in [0.15, 0.2) is 11.3 Å². The minimum Gasteiger partial charge on any atom is -0.370 e. The molecule has 0 saturated carbocycles. The Balaban J connectivity index is 0.000000175. The molecule has 1 N–H and O–H groups in total. The molecule has 0 saturated heterocycles. The van der Waals surface area contributed by atoms with Crippen LogP contribution in [0.4, 0.5) is 32.2 Å². The summed E-state index contributed by atoms with van der Waals surface area (Å²) in [5.74, 6) is 0.722. The van der Waals surface area contributed by atoms with E-state index < -0.39 is 23.5 Å². The third-order valence-electron chi connectivity index (χ3n) is 9.19. The number of nitriles is 2. The average Bonchev–Trinajstić information content (AvgIpc) is 3.76. The number of hydrogen-bond donors (Lipinski definition) is 1. The Morgan fingerprint density at radius 2 is 1.14 bits per heavy atom. The maximum Gasteiger partial charge on any atom is 0.416 e. The predicted octanol–water partition coefficient (Wildman–Crippen LogP) is 10.1. The van der Waals surface area contributed by atoms with Crippen molar-refractivity contribution in [2.75, 3.05) is 32.5 Å². The fourth-order valence-electron chi connectivity index (χ4n) is 6.46. The third kappa shape index (κ3) is 7.18. The van der Waals surface area contributed by atoms with Crippen molar-refractivity contribution in [1.82, 2.24) is 23.7 Å². The Bertz CT molecular complexity index is 2800. The molecule has 0 unspecified atom stereocenters. The van der Waals surface area contributed by atoms with Crippen molar-refractivity contribution < 1.29 is 26.3 Å². The van der Waals surface area contributed by atoms with Crippen molar-refractivity contribution in [1.29, 1.82) is 10.5 Å². The highest BCUT2D eigenvalue weighted by atomic mass is 19.4. The fourth-order valence-corrected chi connectivity index (χ4v) is 6.46. The number of benzene rings is 4. The molecule has 4 heterocycles. The number of hydrogen-bond acceptors (Lipinski definition) is 6. The van der Waals surface area contributed by atoms with Crippen LogP contribution in [0, 0.1) is 22.7 Å². The van der Waals surface area contributed by atoms with Crippen LogP contribution >= 0.6 is 0 Å². The number of pyridine rings is 2. The first-order valence-electron chi connectivity index (χ1n) is 17.2. The summed E-state index contributed by atoms with van der Waals surface area (Å²) in [5.41, 5.74) is 5.51. The zero-order valence-corrected chi connectivity index (χ0v) is 29.8. The lowest BCUT2D eigenvalue weighted by atomic mass is 10.00. The fraction of sp³-hybridized carbons (Fsp3) is 0.143. The van der Waals surface area contributed by atoms with Crippen LogP contribution in [0.25, 0.3) is 55.6 Å². The first-order valence-corrected chi connectivity index (χ1v) is 17.2. The van der Waals surface area contributed by atoms with E-state index in [0.717, 1.165) is 58.7 Å². The van der Waals surface area contributed by atoms with Crippen LogP contribution in [0.3, 0.4) is 0 Å². The highest BCUT2D eigenvalue weighted by Crippen LogP contribution is 2.36. The predicted molar refractivity (Wildman–Crippen MR) is 203 cm³/mol. The number of imidazole rings is 2. The maximum absolute atomic E-state index is 13.0. The summed E-state index contributed by atoms with van der Waals surface area (Å²) in [4.78, 5) is 11.2. The quantitative estimate of drug-likeness (QED) is 0.170. The zero-order chi connectivity index (χ0) is 39.8. The van der Waals surface area contributed by atoms with Gasteiger partial charge in [0.25, 0.3) is 0 Å². The van der Waals surface area contributed by atoms with Crippen LogP contribution in [-0.4, -0.2) is 50.9 Å². The summed E-state index contributed by atoms with van der Waals surface area (Å²) in [6.07, 6.45) is -7.03. The van der Waals surface area contributed by atoms with E-state index >= 15 is 0 Å². The van der Waals surface area contributed by atoms with Crippen LogP contribution in [0.1, 0.15) is 22.3 Å². The van der Waals surface area contributed by atoms with Gasteiger partial charge in [0, 0.05) is 30.4 Å². The van der Waals surface area contributed by atoms with Crippen LogP contribution < -0.4 is 5.32 Å². The molecule has 0 aliphatic rings. The van der Waals surface area contributed by atoms with Crippen LogP contribution in [0.5, 0.6) is 0 Å². The lowest BCUT2D eigenvalue weighted by Gasteiger charge is -2.16. The third-order valence-corrected chi connectivity index (χ3v) is 9.19. The molecule has 0 aliphatic carbocycles. The molecule has 14 heteroatoms. The summed E-state index contributed by atoms with van der Waals surface area (Å²) < 4.78 is 80.8. The van der Waals surface area contributed by atoms with Crippen molar-refractivity contribution in [3.8, 4) is 34.4 Å². The van der Waals surface area contributed by atoms with E-state index in [0.29, 0.717) is 51.2 Å². The van der Waals surface area contributed by atoms with Crippen molar-refractivity contribution >= 4 is 39.2 Å². The second kappa shape index (κ2) is 14.7. The number of halogens is 6. The number of alkyl halides is 6. The van der Waals surface area contributed by atoms with Gasteiger partial charge in [-0.15, -0.1) is 0 Å². The molecular formula is C42H30F6N8. The normalized spacial score (nSPS) is 11.8. The molecule has 0 bridgehead atoms. The van der Waals surface area contributed by atoms with Gasteiger partial charge in [-0.2, -0.15) is 36.9 Å². The van der Waals surface area contributed by atoms with E-state index in [2.05, 4.69) is 27.4 Å². The van der Waals surface area contributed by atoms with Crippen molar-refractivity contribution in [2.45, 2.75) is 12.4 Å². The molecule has 4 aromatic carbocycles. The van der Waals surface area contributed by atoms with Crippen molar-refractivity contribution in [3.63, 3.8) is 0 Å². The first-order chi connectivity index (χ1) is 26.8. The van der Waals surface area contributed by atoms with E-state index in [-0.39, 0.29) is 0 Å². The molecule has 56 heavy (non-hydrogen) atoms. The largest absolute Gasteiger partial charge is 0.416 e. The number of nitrogens with zero attached hydrogens (tertiary/aromatic N) is 7. The van der Waals surface area contributed by atoms with Crippen LogP contribution in [0.15, 0.2) is 115 Å². The number of rotatable bonds is 6. The molecule has 8 rings (SSSR count). The molecule has 280 valence electrons. The smallest absolute Gasteiger partial charge is 0.370 e. The van der Waals surface area contributed by atoms with Gasteiger partial charge in [-0.25, -0.2) is 9.97 Å². The van der Waals surface area contributed by atoms with Crippen molar-refractivity contribution in [2.24, 2.45) is 0 Å². The molecule has 0 radical (unpaired) electrons. The van der Waals surface area contributed by atoms with E-state index in [1.54, 1.807) is 18.3 Å². The molecule has 8 nitrogen and oxygen atoms in total. The number of nitrogens with one attached hydrogen (secondary N) is 1. The van der Waals surface area contributed by atoms with E-state index in [1.165, 1.54) is 24.3 Å². The molecule has 0 fully saturated rings. The summed E-state index contributed by atoms with van der Waals surface area (Å²) in [7, 11) is 3.94. The SMILES string of the molecule is CN(C)CCNc1cc(-c2ccc(C(F)(F)F)cc2)c(C#N)c2nc3ccccc3n12.N#Cc1c(-c2ccc(C(F)(F)F)cc2)ccn2c1nc1ccccc12. The Hall–Kier alpha value is -6.90. The van der Waals surface area contributed by atoms with Gasteiger partial charge in [0.05, 0.1) is 33.2 Å². The Kier molecular flexibility index (Phi) is 9.84. The Morgan fingerprint density at radius 1 is 0.643 bits per heavy atom. The zero-order valence-electron chi connectivity index (χ0n) is 29.8. The molecular weight excluding hydrogens is 731 g/mol. The Labute approximate surface area is 316 Å². The topological polar surface area (TPSA) is 97.5 Å². The first kappa shape index (κ1) is 37.4. The molecule has 0 spiro atoms. The highest BCUT2D eigenvalue weighted by molar-refractivity contribution is 5.90. The number of fused-ring (bicyclic) bond motifs is 6. The molecule has 8 aromatic rings. The maximum atomic E-state index is 13.0. The number of anilines is 1. The summed E-state index contributed by atoms with van der Waals surface area (Å²) in [6, 6.07) is 32.5. The standard InChI is InChI=1S/C23H20F3N5.C19H10F3N3/c1-30(2)12-11-28-21-13-17(15-7-9-16(10-8-15)23(24,25)26)18(14-27)22-29-19-5-3-4-6-20(19)31(21)22;20-19(21,22)13-7-5-12(6-8-13)14-9-10-25-17-4-2-1-3-16(17)24-18(25)15(14)11-23/h3-10,13,28H,11-12H2,1-2H3;1-10H. The summed E-state index contributed by atoms with van der Waals surface area (Å²) in [5, 5.41) is 22.9. The lowest BCUT2D eigenvalue weighted by Crippen LogP contribution is -2.21. The van der Waals surface area contributed by atoms with Crippen LogP contribution in [-0.2, 0) is 12.4 Å². The van der Waals surface area contributed by atoms with Gasteiger partial charge in [-0.05, 0) is 85.9 Å². The molecule has 4 aromatic heterocycles. The summed E-state index contributed by atoms with van der Waals surface area (Å²) >= 11 is 0. The molecule has 0 atom stereocenters. The second-order valence-corrected chi connectivity index (χ2v) is 13.1. The molecule has 0 amide bonds. The van der Waals surface area contributed by atoms with Gasteiger partial charge in [0.2, 0.25) is 0 Å². The van der Waals surface area contributed by atoms with Gasteiger partial charge < -0.3 is 10.2 Å². The number of likely N-dealkylation sites (N-methyl/N-ethyl adjacent to an activating group) is 1. The van der Waals surface area contributed by atoms with E-state index in [9.17, 15) is 36.9 Å². The van der Waals surface area contributed by atoms with Crippen molar-refractivity contribution in [3.05, 3.63) is 138 Å². The Morgan fingerprint density at radius 3 is 1.70 bits per heavy atom. The highest BCUT2D eigenvalue weighted by Gasteiger charge is 2.31. The molecule has 0 aliphatic heterocycles. The number of para-hydroxylation sites is 4. The van der Waals surface area contributed by atoms with Crippen LogP contribution in [0.2, 0.25) is 0 Å². The second-order valence-electron chi connectivity index (χ2n) is 13.1. The minimum absolute atomic E-state index is 0.314. The summed E-state index contributed by atoms with van der Waals surface area (Å²) in [6.45, 7) is 1.43. The number of aromatic nitrogens is 4. The van der Waals surface area contributed by atoms with Gasteiger partial charge >= 0.3 is 12.4 Å².